The Balaban J connectivity index is 1.60. The highest BCUT2D eigenvalue weighted by atomic mass is 35.5. The van der Waals surface area contributed by atoms with Crippen molar-refractivity contribution in [3.05, 3.63) is 53.1 Å². The summed E-state index contributed by atoms with van der Waals surface area (Å²) in [6.45, 7) is 2.64. The Kier molecular flexibility index (Phi) is 6.29. The molecule has 0 spiro atoms. The molecule has 1 aromatic carbocycles. The summed E-state index contributed by atoms with van der Waals surface area (Å²) < 4.78 is 7.26. The first kappa shape index (κ1) is 18.9. The molecule has 1 fully saturated rings. The van der Waals surface area contributed by atoms with E-state index in [1.165, 1.54) is 0 Å². The highest BCUT2D eigenvalue weighted by Crippen LogP contribution is 2.29. The third kappa shape index (κ3) is 4.26. The number of hydrogen-bond donors (Lipinski definition) is 1. The highest BCUT2D eigenvalue weighted by molar-refractivity contribution is 6.30. The van der Waals surface area contributed by atoms with Gasteiger partial charge in [0.2, 0.25) is 0 Å². The van der Waals surface area contributed by atoms with Crippen molar-refractivity contribution in [3.8, 4) is 0 Å². The fourth-order valence-electron chi connectivity index (χ4n) is 3.41. The van der Waals surface area contributed by atoms with Crippen LogP contribution in [0.15, 0.2) is 36.7 Å². The number of carbonyl (C=O) groups excluding carboxylic acids is 1. The predicted molar refractivity (Wildman–Crippen MR) is 99.1 cm³/mol. The predicted octanol–water partition coefficient (Wildman–Crippen LogP) is 2.62. The van der Waals surface area contributed by atoms with Crippen molar-refractivity contribution >= 4 is 17.5 Å². The molecule has 1 N–H and O–H groups in total. The molecule has 140 valence electrons. The van der Waals surface area contributed by atoms with Crippen LogP contribution in [0.3, 0.4) is 0 Å². The summed E-state index contributed by atoms with van der Waals surface area (Å²) in [5.41, 5.74) is 0.528. The minimum absolute atomic E-state index is 0.270. The Morgan fingerprint density at radius 1 is 1.42 bits per heavy atom. The maximum Gasteiger partial charge on any atom is 0.256 e. The van der Waals surface area contributed by atoms with Gasteiger partial charge in [-0.2, -0.15) is 0 Å². The molecule has 3 rings (SSSR count). The second-order valence-corrected chi connectivity index (χ2v) is 6.97. The minimum atomic E-state index is -1.17. The molecular weight excluding hydrogens is 354 g/mol. The smallest absolute Gasteiger partial charge is 0.256 e. The monoisotopic (exact) mass is 377 g/mol. The first-order chi connectivity index (χ1) is 12.6. The van der Waals surface area contributed by atoms with E-state index >= 15 is 0 Å². The molecule has 0 bridgehead atoms. The van der Waals surface area contributed by atoms with E-state index in [0.29, 0.717) is 36.2 Å². The van der Waals surface area contributed by atoms with Crippen LogP contribution in [0.2, 0.25) is 5.02 Å². The average molecular weight is 378 g/mol. The summed E-state index contributed by atoms with van der Waals surface area (Å²) in [6.07, 6.45) is 4.27. The summed E-state index contributed by atoms with van der Waals surface area (Å²) in [4.78, 5) is 18.8. The molecule has 2 aromatic rings. The second-order valence-electron chi connectivity index (χ2n) is 6.53. The molecule has 26 heavy (non-hydrogen) atoms. The van der Waals surface area contributed by atoms with Gasteiger partial charge in [0, 0.05) is 50.1 Å². The number of rotatable bonds is 6. The Labute approximate surface area is 158 Å². The molecule has 2 heterocycles. The van der Waals surface area contributed by atoms with Crippen LogP contribution in [-0.2, 0) is 16.1 Å². The van der Waals surface area contributed by atoms with E-state index in [1.54, 1.807) is 36.3 Å². The molecular formula is C19H24ClN3O3. The van der Waals surface area contributed by atoms with Crippen molar-refractivity contribution in [1.82, 2.24) is 14.5 Å². The van der Waals surface area contributed by atoms with Crippen molar-refractivity contribution < 1.29 is 14.6 Å². The quantitative estimate of drug-likeness (QED) is 0.840. The lowest BCUT2D eigenvalue weighted by Gasteiger charge is -2.33. The number of nitrogens with zero attached hydrogens (tertiary/aromatic N) is 3. The largest absolute Gasteiger partial charge is 0.383 e. The van der Waals surface area contributed by atoms with E-state index in [0.717, 1.165) is 25.2 Å². The molecule has 1 aromatic heterocycles. The molecule has 7 heteroatoms. The van der Waals surface area contributed by atoms with Gasteiger partial charge in [0.15, 0.2) is 6.10 Å². The number of carbonyl (C=O) groups is 1. The van der Waals surface area contributed by atoms with E-state index in [9.17, 15) is 9.90 Å². The Hall–Kier alpha value is -1.89. The molecule has 6 nitrogen and oxygen atoms in total. The fourth-order valence-corrected chi connectivity index (χ4v) is 3.61. The Morgan fingerprint density at radius 2 is 2.19 bits per heavy atom. The summed E-state index contributed by atoms with van der Waals surface area (Å²) in [5.74, 6) is 1.09. The lowest BCUT2D eigenvalue weighted by molar-refractivity contribution is -0.141. The summed E-state index contributed by atoms with van der Waals surface area (Å²) in [5, 5.41) is 10.9. The molecule has 1 saturated heterocycles. The van der Waals surface area contributed by atoms with Crippen LogP contribution < -0.4 is 0 Å². The van der Waals surface area contributed by atoms with Gasteiger partial charge in [-0.25, -0.2) is 4.98 Å². The zero-order valence-corrected chi connectivity index (χ0v) is 15.6. The van der Waals surface area contributed by atoms with Gasteiger partial charge in [-0.05, 0) is 30.5 Å². The van der Waals surface area contributed by atoms with Crippen LogP contribution >= 0.6 is 11.6 Å². The maximum absolute atomic E-state index is 12.6. The van der Waals surface area contributed by atoms with Gasteiger partial charge in [0.25, 0.3) is 5.91 Å². The van der Waals surface area contributed by atoms with Crippen molar-refractivity contribution in [3.63, 3.8) is 0 Å². The van der Waals surface area contributed by atoms with Crippen molar-refractivity contribution in [2.45, 2.75) is 31.4 Å². The van der Waals surface area contributed by atoms with Gasteiger partial charge < -0.3 is 19.3 Å². The van der Waals surface area contributed by atoms with E-state index in [2.05, 4.69) is 9.55 Å². The van der Waals surface area contributed by atoms with Crippen LogP contribution in [0.1, 0.15) is 36.3 Å². The molecule has 1 aliphatic rings. The van der Waals surface area contributed by atoms with Gasteiger partial charge >= 0.3 is 0 Å². The van der Waals surface area contributed by atoms with E-state index in [1.807, 2.05) is 12.4 Å². The molecule has 1 atom stereocenters. The number of likely N-dealkylation sites (tertiary alicyclic amines) is 1. The number of imidazole rings is 1. The zero-order valence-electron chi connectivity index (χ0n) is 14.8. The first-order valence-corrected chi connectivity index (χ1v) is 9.20. The van der Waals surface area contributed by atoms with E-state index in [4.69, 9.17) is 16.3 Å². The molecule has 1 amide bonds. The maximum atomic E-state index is 12.6. The number of halogens is 1. The molecule has 0 aliphatic carbocycles. The van der Waals surface area contributed by atoms with Crippen molar-refractivity contribution in [2.75, 3.05) is 26.8 Å². The van der Waals surface area contributed by atoms with E-state index in [-0.39, 0.29) is 5.91 Å². The number of methoxy groups -OCH3 is 1. The van der Waals surface area contributed by atoms with Crippen molar-refractivity contribution in [2.24, 2.45) is 0 Å². The highest BCUT2D eigenvalue weighted by Gasteiger charge is 2.30. The number of aliphatic hydroxyl groups is 1. The number of piperidine rings is 1. The van der Waals surface area contributed by atoms with Crippen LogP contribution in [0.5, 0.6) is 0 Å². The standard InChI is InChI=1S/C19H24ClN3O3/c1-26-12-11-22-10-7-21-18(22)14-5-8-23(9-6-14)19(25)17(24)15-3-2-4-16(20)13-15/h2-4,7,10,13-14,17,24H,5-6,8-9,11-12H2,1H3. The van der Waals surface area contributed by atoms with Crippen LogP contribution in [-0.4, -0.2) is 52.3 Å². The Bertz CT molecular complexity index is 741. The number of amides is 1. The lowest BCUT2D eigenvalue weighted by atomic mass is 9.95. The summed E-state index contributed by atoms with van der Waals surface area (Å²) in [6, 6.07) is 6.80. The van der Waals surface area contributed by atoms with Gasteiger partial charge in [-0.1, -0.05) is 23.7 Å². The zero-order chi connectivity index (χ0) is 18.5. The molecule has 0 radical (unpaired) electrons. The summed E-state index contributed by atoms with van der Waals surface area (Å²) >= 11 is 5.95. The Morgan fingerprint density at radius 3 is 2.88 bits per heavy atom. The molecule has 1 aliphatic heterocycles. The third-order valence-electron chi connectivity index (χ3n) is 4.85. The summed E-state index contributed by atoms with van der Waals surface area (Å²) in [7, 11) is 1.69. The minimum Gasteiger partial charge on any atom is -0.383 e. The fraction of sp³-hybridized carbons (Fsp3) is 0.474. The molecule has 1 unspecified atom stereocenters. The number of hydrogen-bond acceptors (Lipinski definition) is 4. The van der Waals surface area contributed by atoms with E-state index < -0.39 is 6.10 Å². The van der Waals surface area contributed by atoms with Crippen LogP contribution in [0.25, 0.3) is 0 Å². The molecule has 0 saturated carbocycles. The second kappa shape index (κ2) is 8.66. The van der Waals surface area contributed by atoms with Crippen LogP contribution in [0.4, 0.5) is 0 Å². The van der Waals surface area contributed by atoms with Gasteiger partial charge in [0.05, 0.1) is 6.61 Å². The number of aliphatic hydroxyl groups excluding tert-OH is 1. The van der Waals surface area contributed by atoms with Gasteiger partial charge in [-0.3, -0.25) is 4.79 Å². The first-order valence-electron chi connectivity index (χ1n) is 8.82. The normalized spacial score (nSPS) is 16.7. The lowest BCUT2D eigenvalue weighted by Crippen LogP contribution is -2.41. The van der Waals surface area contributed by atoms with Gasteiger partial charge in [-0.15, -0.1) is 0 Å². The topological polar surface area (TPSA) is 67.6 Å². The number of aromatic nitrogens is 2. The van der Waals surface area contributed by atoms with Crippen molar-refractivity contribution in [1.29, 1.82) is 0 Å². The average Bonchev–Trinajstić information content (AvgIpc) is 3.14. The number of benzene rings is 1. The number of ether oxygens (including phenoxy) is 1. The third-order valence-corrected chi connectivity index (χ3v) is 5.09. The SMILES string of the molecule is COCCn1ccnc1C1CCN(C(=O)C(O)c2cccc(Cl)c2)CC1. The van der Waals surface area contributed by atoms with Gasteiger partial charge in [0.1, 0.15) is 5.82 Å². The van der Waals surface area contributed by atoms with Crippen LogP contribution in [0, 0.1) is 0 Å².